The summed E-state index contributed by atoms with van der Waals surface area (Å²) in [5, 5.41) is 0.247. The average Bonchev–Trinajstić information content (AvgIpc) is 2.21. The van der Waals surface area contributed by atoms with Crippen molar-refractivity contribution in [3.63, 3.8) is 0 Å². The minimum atomic E-state index is 0.105. The molecule has 0 saturated heterocycles. The fourth-order valence-electron chi connectivity index (χ4n) is 1.61. The summed E-state index contributed by atoms with van der Waals surface area (Å²) in [5.74, 6) is 0. The molecule has 1 aliphatic carbocycles. The van der Waals surface area contributed by atoms with Crippen LogP contribution in [0.5, 0.6) is 0 Å². The third kappa shape index (κ3) is 3.59. The van der Waals surface area contributed by atoms with Crippen LogP contribution in [0.3, 0.4) is 0 Å². The van der Waals surface area contributed by atoms with Crippen LogP contribution in [0, 0.1) is 5.41 Å². The zero-order valence-corrected chi connectivity index (χ0v) is 10.5. The first-order chi connectivity index (χ1) is 7.09. The minimum absolute atomic E-state index is 0.105. The van der Waals surface area contributed by atoms with Gasteiger partial charge in [0.25, 0.3) is 0 Å². The van der Waals surface area contributed by atoms with E-state index >= 15 is 0 Å². The summed E-state index contributed by atoms with van der Waals surface area (Å²) in [6.45, 7) is 6.82. The number of rotatable bonds is 7. The van der Waals surface area contributed by atoms with Gasteiger partial charge < -0.3 is 14.2 Å². The lowest BCUT2D eigenvalue weighted by atomic mass is 9.68. The van der Waals surface area contributed by atoms with E-state index in [0.29, 0.717) is 26.4 Å². The van der Waals surface area contributed by atoms with E-state index < -0.39 is 0 Å². The molecule has 1 aliphatic rings. The maximum Gasteiger partial charge on any atom is 0.0704 e. The number of hydrogen-bond acceptors (Lipinski definition) is 3. The molecule has 0 aromatic rings. The monoisotopic (exact) mass is 236 g/mol. The van der Waals surface area contributed by atoms with Gasteiger partial charge in [0.05, 0.1) is 32.5 Å². The van der Waals surface area contributed by atoms with Gasteiger partial charge in [-0.3, -0.25) is 0 Å². The quantitative estimate of drug-likeness (QED) is 0.500. The largest absolute Gasteiger partial charge is 0.382 e. The number of alkyl halides is 1. The maximum atomic E-state index is 6.09. The molecule has 2 atom stereocenters. The summed E-state index contributed by atoms with van der Waals surface area (Å²) in [7, 11) is 1.66. The van der Waals surface area contributed by atoms with Crippen molar-refractivity contribution in [2.24, 2.45) is 5.41 Å². The zero-order chi connectivity index (χ0) is 11.3. The number of methoxy groups -OCH3 is 1. The van der Waals surface area contributed by atoms with Crippen LogP contribution in [0.4, 0.5) is 0 Å². The van der Waals surface area contributed by atoms with E-state index in [0.717, 1.165) is 6.42 Å². The first-order valence-electron chi connectivity index (χ1n) is 5.41. The van der Waals surface area contributed by atoms with Gasteiger partial charge >= 0.3 is 0 Å². The van der Waals surface area contributed by atoms with Crippen LogP contribution in [0.1, 0.15) is 20.3 Å². The summed E-state index contributed by atoms with van der Waals surface area (Å²) >= 11 is 6.09. The van der Waals surface area contributed by atoms with E-state index in [-0.39, 0.29) is 16.9 Å². The summed E-state index contributed by atoms with van der Waals surface area (Å²) in [6, 6.07) is 0. The molecule has 0 aromatic heterocycles. The van der Waals surface area contributed by atoms with Crippen LogP contribution in [0.25, 0.3) is 0 Å². The van der Waals surface area contributed by atoms with Crippen molar-refractivity contribution in [1.82, 2.24) is 0 Å². The van der Waals surface area contributed by atoms with Crippen molar-refractivity contribution in [2.45, 2.75) is 31.7 Å². The molecule has 0 radical (unpaired) electrons. The van der Waals surface area contributed by atoms with Crippen LogP contribution in [0.2, 0.25) is 0 Å². The number of halogens is 1. The van der Waals surface area contributed by atoms with E-state index in [4.69, 9.17) is 25.8 Å². The summed E-state index contributed by atoms with van der Waals surface area (Å²) in [4.78, 5) is 0. The summed E-state index contributed by atoms with van der Waals surface area (Å²) in [5.41, 5.74) is 0.105. The Bertz CT molecular complexity index is 185. The Balaban J connectivity index is 1.97. The lowest BCUT2D eigenvalue weighted by Gasteiger charge is -2.48. The molecule has 0 aliphatic heterocycles. The Kier molecular flexibility index (Phi) is 5.33. The minimum Gasteiger partial charge on any atom is -0.382 e. The van der Waals surface area contributed by atoms with Crippen molar-refractivity contribution in [1.29, 1.82) is 0 Å². The molecule has 2 unspecified atom stereocenters. The Hall–Kier alpha value is 0.170. The SMILES string of the molecule is COCCOCCOC1CC(Cl)C1(C)C. The molecule has 15 heavy (non-hydrogen) atoms. The lowest BCUT2D eigenvalue weighted by Crippen LogP contribution is -2.52. The van der Waals surface area contributed by atoms with Crippen LogP contribution >= 0.6 is 11.6 Å². The van der Waals surface area contributed by atoms with Crippen molar-refractivity contribution in [2.75, 3.05) is 33.5 Å². The molecule has 4 heteroatoms. The van der Waals surface area contributed by atoms with Gasteiger partial charge in [0.15, 0.2) is 0 Å². The van der Waals surface area contributed by atoms with Crippen molar-refractivity contribution >= 4 is 11.6 Å². The summed E-state index contributed by atoms with van der Waals surface area (Å²) < 4.78 is 15.9. The van der Waals surface area contributed by atoms with Gasteiger partial charge in [-0.15, -0.1) is 11.6 Å². The zero-order valence-electron chi connectivity index (χ0n) is 9.79. The molecule has 0 N–H and O–H groups in total. The van der Waals surface area contributed by atoms with Crippen LogP contribution in [-0.4, -0.2) is 45.0 Å². The van der Waals surface area contributed by atoms with E-state index in [1.54, 1.807) is 7.11 Å². The van der Waals surface area contributed by atoms with Gasteiger partial charge in [-0.05, 0) is 6.42 Å². The van der Waals surface area contributed by atoms with Gasteiger partial charge in [-0.1, -0.05) is 13.8 Å². The lowest BCUT2D eigenvalue weighted by molar-refractivity contribution is -0.103. The molecule has 0 aromatic carbocycles. The highest BCUT2D eigenvalue weighted by atomic mass is 35.5. The molecule has 1 rings (SSSR count). The van der Waals surface area contributed by atoms with E-state index in [1.165, 1.54) is 0 Å². The second-order valence-corrected chi connectivity index (χ2v) is 5.02. The molecule has 0 bridgehead atoms. The predicted molar refractivity (Wildman–Crippen MR) is 60.5 cm³/mol. The van der Waals surface area contributed by atoms with E-state index in [2.05, 4.69) is 13.8 Å². The number of ether oxygens (including phenoxy) is 3. The van der Waals surface area contributed by atoms with Crippen LogP contribution < -0.4 is 0 Å². The average molecular weight is 237 g/mol. The molecule has 3 nitrogen and oxygen atoms in total. The Morgan fingerprint density at radius 2 is 1.87 bits per heavy atom. The fourth-order valence-corrected chi connectivity index (χ4v) is 1.92. The van der Waals surface area contributed by atoms with E-state index in [1.807, 2.05) is 0 Å². The fraction of sp³-hybridized carbons (Fsp3) is 1.00. The number of hydrogen-bond donors (Lipinski definition) is 0. The molecule has 0 heterocycles. The highest BCUT2D eigenvalue weighted by Crippen LogP contribution is 2.46. The topological polar surface area (TPSA) is 27.7 Å². The standard InChI is InChI=1S/C11H21ClO3/c1-11(2)9(12)8-10(11)15-7-6-14-5-4-13-3/h9-10H,4-8H2,1-3H3. The van der Waals surface area contributed by atoms with Crippen LogP contribution in [-0.2, 0) is 14.2 Å². The maximum absolute atomic E-state index is 6.09. The molecule has 1 fully saturated rings. The smallest absolute Gasteiger partial charge is 0.0704 e. The van der Waals surface area contributed by atoms with E-state index in [9.17, 15) is 0 Å². The third-order valence-electron chi connectivity index (χ3n) is 3.04. The first kappa shape index (κ1) is 13.2. The predicted octanol–water partition coefficient (Wildman–Crippen LogP) is 2.07. The second kappa shape index (κ2) is 6.04. The second-order valence-electron chi connectivity index (χ2n) is 4.49. The van der Waals surface area contributed by atoms with Gasteiger partial charge in [-0.2, -0.15) is 0 Å². The van der Waals surface area contributed by atoms with Crippen molar-refractivity contribution in [3.05, 3.63) is 0 Å². The molecule has 0 amide bonds. The summed E-state index contributed by atoms with van der Waals surface area (Å²) in [6.07, 6.45) is 1.23. The molecule has 1 saturated carbocycles. The van der Waals surface area contributed by atoms with Crippen molar-refractivity contribution < 1.29 is 14.2 Å². The first-order valence-corrected chi connectivity index (χ1v) is 5.85. The van der Waals surface area contributed by atoms with Gasteiger partial charge in [0.2, 0.25) is 0 Å². The molecular formula is C11H21ClO3. The van der Waals surface area contributed by atoms with Crippen LogP contribution in [0.15, 0.2) is 0 Å². The van der Waals surface area contributed by atoms with Crippen molar-refractivity contribution in [3.8, 4) is 0 Å². The van der Waals surface area contributed by atoms with Gasteiger partial charge in [0, 0.05) is 17.9 Å². The molecule has 0 spiro atoms. The highest BCUT2D eigenvalue weighted by Gasteiger charge is 2.47. The third-order valence-corrected chi connectivity index (χ3v) is 3.78. The normalized spacial score (nSPS) is 28.8. The molecular weight excluding hydrogens is 216 g/mol. The van der Waals surface area contributed by atoms with Gasteiger partial charge in [-0.25, -0.2) is 0 Å². The Morgan fingerprint density at radius 3 is 2.40 bits per heavy atom. The Morgan fingerprint density at radius 1 is 1.20 bits per heavy atom. The highest BCUT2D eigenvalue weighted by molar-refractivity contribution is 6.21. The Labute approximate surface area is 97.0 Å². The molecule has 90 valence electrons. The van der Waals surface area contributed by atoms with Gasteiger partial charge in [0.1, 0.15) is 0 Å².